The van der Waals surface area contributed by atoms with E-state index in [1.807, 2.05) is 12.1 Å². The van der Waals surface area contributed by atoms with Gasteiger partial charge in [-0.25, -0.2) is 9.97 Å². The number of aromatic nitrogens is 3. The summed E-state index contributed by atoms with van der Waals surface area (Å²) in [6.07, 6.45) is 5.61. The van der Waals surface area contributed by atoms with E-state index in [-0.39, 0.29) is 0 Å². The first-order chi connectivity index (χ1) is 9.30. The van der Waals surface area contributed by atoms with Gasteiger partial charge in [-0.15, -0.1) is 0 Å². The summed E-state index contributed by atoms with van der Waals surface area (Å²) in [6, 6.07) is 4.55. The van der Waals surface area contributed by atoms with E-state index in [1.54, 1.807) is 12.4 Å². The molecular weight excluding hydrogens is 304 g/mol. The van der Waals surface area contributed by atoms with Gasteiger partial charge in [-0.3, -0.25) is 4.98 Å². The van der Waals surface area contributed by atoms with Gasteiger partial charge in [0, 0.05) is 30.3 Å². The molecule has 0 saturated carbocycles. The first kappa shape index (κ1) is 14.2. The second-order valence-electron chi connectivity index (χ2n) is 4.42. The van der Waals surface area contributed by atoms with Crippen LogP contribution in [0.25, 0.3) is 11.2 Å². The zero-order valence-corrected chi connectivity index (χ0v) is 13.0. The van der Waals surface area contributed by atoms with Gasteiger partial charge in [0.25, 0.3) is 0 Å². The highest BCUT2D eigenvalue weighted by molar-refractivity contribution is 9.09. The molecule has 2 aromatic rings. The number of hydrogen-bond donors (Lipinski definition) is 0. The molecule has 0 aliphatic rings. The minimum Gasteiger partial charge on any atom is -0.353 e. The fourth-order valence-electron chi connectivity index (χ4n) is 2.31. The van der Waals surface area contributed by atoms with E-state index in [0.717, 1.165) is 36.1 Å². The lowest BCUT2D eigenvalue weighted by Gasteiger charge is -2.31. The highest BCUT2D eigenvalue weighted by Gasteiger charge is 2.16. The van der Waals surface area contributed by atoms with Crippen molar-refractivity contribution in [2.45, 2.75) is 32.7 Å². The highest BCUT2D eigenvalue weighted by atomic mass is 79.9. The van der Waals surface area contributed by atoms with Crippen molar-refractivity contribution in [3.63, 3.8) is 0 Å². The molecule has 0 bridgehead atoms. The first-order valence-electron chi connectivity index (χ1n) is 6.70. The van der Waals surface area contributed by atoms with Gasteiger partial charge in [-0.2, -0.15) is 0 Å². The molecule has 0 radical (unpaired) electrons. The van der Waals surface area contributed by atoms with Crippen molar-refractivity contribution in [3.05, 3.63) is 24.5 Å². The minimum atomic E-state index is 0.513. The quantitative estimate of drug-likeness (QED) is 0.764. The van der Waals surface area contributed by atoms with Gasteiger partial charge < -0.3 is 4.90 Å². The molecule has 0 amide bonds. The Labute approximate surface area is 122 Å². The third-order valence-electron chi connectivity index (χ3n) is 3.32. The van der Waals surface area contributed by atoms with Crippen molar-refractivity contribution in [1.82, 2.24) is 15.0 Å². The molecule has 0 aliphatic heterocycles. The molecular formula is C14H19BrN4. The molecule has 2 heterocycles. The lowest BCUT2D eigenvalue weighted by atomic mass is 10.1. The Kier molecular flexibility index (Phi) is 5.07. The molecule has 102 valence electrons. The summed E-state index contributed by atoms with van der Waals surface area (Å²) in [7, 11) is 0. The van der Waals surface area contributed by atoms with Crippen LogP contribution in [0, 0.1) is 0 Å². The maximum Gasteiger partial charge on any atom is 0.180 e. The van der Waals surface area contributed by atoms with Crippen molar-refractivity contribution >= 4 is 32.9 Å². The maximum atomic E-state index is 4.64. The molecule has 2 rings (SSSR count). The Balaban J connectivity index is 2.37. The van der Waals surface area contributed by atoms with E-state index in [4.69, 9.17) is 0 Å². The largest absolute Gasteiger partial charge is 0.353 e. The molecule has 5 heteroatoms. The smallest absolute Gasteiger partial charge is 0.180 e. The summed E-state index contributed by atoms with van der Waals surface area (Å²) in [4.78, 5) is 15.5. The molecule has 0 fully saturated rings. The lowest BCUT2D eigenvalue weighted by Crippen LogP contribution is -2.36. The molecule has 0 aliphatic carbocycles. The molecule has 4 nitrogen and oxygen atoms in total. The van der Waals surface area contributed by atoms with E-state index in [2.05, 4.69) is 49.6 Å². The van der Waals surface area contributed by atoms with E-state index in [1.165, 1.54) is 0 Å². The summed E-state index contributed by atoms with van der Waals surface area (Å²) in [5.41, 5.74) is 1.56. The van der Waals surface area contributed by atoms with Gasteiger partial charge >= 0.3 is 0 Å². The normalized spacial score (nSPS) is 11.2. The monoisotopic (exact) mass is 322 g/mol. The topological polar surface area (TPSA) is 41.9 Å². The Morgan fingerprint density at radius 3 is 2.58 bits per heavy atom. The van der Waals surface area contributed by atoms with Crippen LogP contribution < -0.4 is 4.90 Å². The molecule has 0 N–H and O–H groups in total. The van der Waals surface area contributed by atoms with Crippen molar-refractivity contribution in [3.8, 4) is 0 Å². The van der Waals surface area contributed by atoms with Crippen molar-refractivity contribution in [2.75, 3.05) is 16.8 Å². The summed E-state index contributed by atoms with van der Waals surface area (Å²) < 4.78 is 0. The number of halogens is 1. The van der Waals surface area contributed by atoms with E-state index >= 15 is 0 Å². The third kappa shape index (κ3) is 3.21. The van der Waals surface area contributed by atoms with Crippen LogP contribution in [0.5, 0.6) is 0 Å². The van der Waals surface area contributed by atoms with Gasteiger partial charge in [0.05, 0.1) is 0 Å². The number of fused-ring (bicyclic) bond motifs is 1. The number of anilines is 1. The van der Waals surface area contributed by atoms with Crippen LogP contribution in [-0.2, 0) is 0 Å². The number of alkyl halides is 1. The van der Waals surface area contributed by atoms with Crippen LogP contribution in [-0.4, -0.2) is 32.9 Å². The van der Waals surface area contributed by atoms with Gasteiger partial charge in [0.15, 0.2) is 5.65 Å². The Morgan fingerprint density at radius 2 is 1.89 bits per heavy atom. The highest BCUT2D eigenvalue weighted by Crippen LogP contribution is 2.20. The van der Waals surface area contributed by atoms with Crippen LogP contribution >= 0.6 is 15.9 Å². The van der Waals surface area contributed by atoms with Crippen molar-refractivity contribution in [2.24, 2.45) is 0 Å². The average molecular weight is 323 g/mol. The predicted molar refractivity (Wildman–Crippen MR) is 82.8 cm³/mol. The van der Waals surface area contributed by atoms with Crippen LogP contribution in [0.3, 0.4) is 0 Å². The van der Waals surface area contributed by atoms with Crippen LogP contribution in [0.1, 0.15) is 26.7 Å². The summed E-state index contributed by atoms with van der Waals surface area (Å²) in [6.45, 7) is 5.39. The number of rotatable bonds is 6. The Hall–Kier alpha value is -1.23. The van der Waals surface area contributed by atoms with Crippen molar-refractivity contribution in [1.29, 1.82) is 0 Å². The summed E-state index contributed by atoms with van der Waals surface area (Å²) in [5, 5.41) is 0.934. The molecule has 0 aromatic carbocycles. The Morgan fingerprint density at radius 1 is 1.16 bits per heavy atom. The minimum absolute atomic E-state index is 0.513. The molecule has 0 spiro atoms. The molecule has 19 heavy (non-hydrogen) atoms. The van der Waals surface area contributed by atoms with Gasteiger partial charge in [0.1, 0.15) is 11.3 Å². The number of hydrogen-bond acceptors (Lipinski definition) is 4. The van der Waals surface area contributed by atoms with E-state index in [9.17, 15) is 0 Å². The fraction of sp³-hybridized carbons (Fsp3) is 0.500. The zero-order valence-electron chi connectivity index (χ0n) is 11.4. The second kappa shape index (κ2) is 6.80. The van der Waals surface area contributed by atoms with Gasteiger partial charge in [0.2, 0.25) is 0 Å². The summed E-state index contributed by atoms with van der Waals surface area (Å²) >= 11 is 3.53. The maximum absolute atomic E-state index is 4.64. The van der Waals surface area contributed by atoms with Crippen molar-refractivity contribution < 1.29 is 0 Å². The molecule has 0 saturated heterocycles. The zero-order chi connectivity index (χ0) is 13.7. The standard InChI is InChI=1S/C14H19BrN4/c1-3-11(4-2)19(10-7-15)13-6-5-12-14(18-13)17-9-8-16-12/h5-6,8-9,11H,3-4,7,10H2,1-2H3. The first-order valence-corrected chi connectivity index (χ1v) is 7.82. The molecule has 2 aromatic heterocycles. The molecule has 0 atom stereocenters. The van der Waals surface area contributed by atoms with Crippen LogP contribution in [0.15, 0.2) is 24.5 Å². The molecule has 0 unspecified atom stereocenters. The SMILES string of the molecule is CCC(CC)N(CCBr)c1ccc2nccnc2n1. The van der Waals surface area contributed by atoms with Crippen LogP contribution in [0.2, 0.25) is 0 Å². The fourth-order valence-corrected chi connectivity index (χ4v) is 2.69. The number of pyridine rings is 1. The van der Waals surface area contributed by atoms with Gasteiger partial charge in [-0.1, -0.05) is 29.8 Å². The number of nitrogens with zero attached hydrogens (tertiary/aromatic N) is 4. The third-order valence-corrected chi connectivity index (χ3v) is 3.67. The van der Waals surface area contributed by atoms with E-state index < -0.39 is 0 Å². The summed E-state index contributed by atoms with van der Waals surface area (Å²) in [5.74, 6) is 0.987. The van der Waals surface area contributed by atoms with Gasteiger partial charge in [-0.05, 0) is 25.0 Å². The average Bonchev–Trinajstić information content (AvgIpc) is 2.47. The predicted octanol–water partition coefficient (Wildman–Crippen LogP) is 3.41. The second-order valence-corrected chi connectivity index (χ2v) is 5.21. The Bertz CT molecular complexity index is 528. The lowest BCUT2D eigenvalue weighted by molar-refractivity contribution is 0.564. The van der Waals surface area contributed by atoms with Crippen LogP contribution in [0.4, 0.5) is 5.82 Å². The van der Waals surface area contributed by atoms with E-state index in [0.29, 0.717) is 11.7 Å².